The molecule has 0 saturated carbocycles. The second kappa shape index (κ2) is 8.77. The first-order chi connectivity index (χ1) is 16.5. The maximum Gasteiger partial charge on any atom is 0.323 e. The van der Waals surface area contributed by atoms with Crippen LogP contribution >= 0.6 is 0 Å². The number of hydrogen-bond acceptors (Lipinski definition) is 6. The van der Waals surface area contributed by atoms with Gasteiger partial charge in [-0.3, -0.25) is 19.2 Å². The zero-order chi connectivity index (χ0) is 25.7. The summed E-state index contributed by atoms with van der Waals surface area (Å²) in [7, 11) is 2.36. The Kier molecular flexibility index (Phi) is 6.09. The standard InChI is InChI=1S/C29H28O6/c1-15-7-16(2)10-19(9-15)23-21(25(23)30)13-29(27(32)34-5,28(33)35-6)14-22-24(26(22)31)20-11-17(3)8-18(4)12-20/h7-12H,13-14H2,1-6H3. The van der Waals surface area contributed by atoms with E-state index < -0.39 is 17.4 Å². The van der Waals surface area contributed by atoms with Crippen LogP contribution in [0.25, 0.3) is 22.3 Å². The van der Waals surface area contributed by atoms with E-state index in [9.17, 15) is 19.2 Å². The largest absolute Gasteiger partial charge is 0.468 e. The van der Waals surface area contributed by atoms with Crippen LogP contribution in [0.1, 0.15) is 33.4 Å². The molecule has 0 bridgehead atoms. The van der Waals surface area contributed by atoms with Gasteiger partial charge in [0.2, 0.25) is 0 Å². The van der Waals surface area contributed by atoms with Crippen molar-refractivity contribution in [2.24, 2.45) is 5.41 Å². The Morgan fingerprint density at radius 2 is 0.943 bits per heavy atom. The molecule has 0 radical (unpaired) electrons. The molecule has 0 aliphatic heterocycles. The molecule has 35 heavy (non-hydrogen) atoms. The van der Waals surface area contributed by atoms with E-state index in [1.165, 1.54) is 14.2 Å². The fraction of sp³-hybridized carbons (Fsp3) is 0.310. The van der Waals surface area contributed by atoms with Crippen LogP contribution in [0.15, 0.2) is 46.0 Å². The van der Waals surface area contributed by atoms with Gasteiger partial charge in [0.1, 0.15) is 0 Å². The molecule has 0 heterocycles. The Hall–Kier alpha value is -3.80. The highest BCUT2D eigenvalue weighted by atomic mass is 16.5. The molecule has 0 N–H and O–H groups in total. The van der Waals surface area contributed by atoms with E-state index >= 15 is 0 Å². The van der Waals surface area contributed by atoms with E-state index in [0.29, 0.717) is 22.3 Å². The number of carbonyl (C=O) groups is 2. The van der Waals surface area contributed by atoms with Crippen LogP contribution < -0.4 is 10.9 Å². The lowest BCUT2D eigenvalue weighted by molar-refractivity contribution is -0.169. The molecule has 6 nitrogen and oxygen atoms in total. The van der Waals surface area contributed by atoms with Crippen LogP contribution in [-0.4, -0.2) is 26.2 Å². The summed E-state index contributed by atoms with van der Waals surface area (Å²) in [6.07, 6.45) is -0.380. The maximum atomic E-state index is 13.1. The summed E-state index contributed by atoms with van der Waals surface area (Å²) in [5.41, 5.74) is 5.07. The molecule has 0 aliphatic rings. The minimum Gasteiger partial charge on any atom is -0.468 e. The molecule has 0 saturated heterocycles. The number of methoxy groups -OCH3 is 2. The summed E-state index contributed by atoms with van der Waals surface area (Å²) < 4.78 is 10.0. The maximum absolute atomic E-state index is 13.1. The zero-order valence-corrected chi connectivity index (χ0v) is 20.8. The Labute approximate surface area is 203 Å². The third-order valence-corrected chi connectivity index (χ3v) is 6.61. The zero-order valence-electron chi connectivity index (χ0n) is 20.8. The van der Waals surface area contributed by atoms with Gasteiger partial charge in [-0.15, -0.1) is 0 Å². The predicted octanol–water partition coefficient (Wildman–Crippen LogP) is 3.84. The lowest BCUT2D eigenvalue weighted by Crippen LogP contribution is -2.44. The third kappa shape index (κ3) is 4.36. The van der Waals surface area contributed by atoms with Gasteiger partial charge in [0.25, 0.3) is 0 Å². The molecule has 0 amide bonds. The Morgan fingerprint density at radius 3 is 1.23 bits per heavy atom. The fourth-order valence-corrected chi connectivity index (χ4v) is 5.03. The van der Waals surface area contributed by atoms with E-state index in [1.54, 1.807) is 0 Å². The Balaban J connectivity index is 1.75. The molecule has 0 aliphatic carbocycles. The minimum atomic E-state index is -1.83. The second-order valence-corrected chi connectivity index (χ2v) is 9.54. The van der Waals surface area contributed by atoms with Crippen LogP contribution in [0, 0.1) is 33.1 Å². The van der Waals surface area contributed by atoms with Crippen molar-refractivity contribution in [3.8, 4) is 22.3 Å². The van der Waals surface area contributed by atoms with Gasteiger partial charge in [-0.25, -0.2) is 0 Å². The average molecular weight is 473 g/mol. The molecular formula is C29H28O6. The van der Waals surface area contributed by atoms with Gasteiger partial charge in [0.15, 0.2) is 16.3 Å². The van der Waals surface area contributed by atoms with E-state index in [-0.39, 0.29) is 23.7 Å². The number of benzene rings is 2. The smallest absolute Gasteiger partial charge is 0.323 e. The molecule has 0 atom stereocenters. The van der Waals surface area contributed by atoms with Gasteiger partial charge < -0.3 is 9.47 Å². The van der Waals surface area contributed by atoms with Crippen molar-refractivity contribution in [1.29, 1.82) is 0 Å². The first kappa shape index (κ1) is 24.3. The Bertz CT molecular complexity index is 1330. The SMILES string of the molecule is COC(=O)C(Cc1c(-c2cc(C)cc(C)c2)c1=O)(Cc1c(-c2cc(C)cc(C)c2)c1=O)C(=O)OC. The summed E-state index contributed by atoms with van der Waals surface area (Å²) in [5.74, 6) is -1.66. The predicted molar refractivity (Wildman–Crippen MR) is 134 cm³/mol. The summed E-state index contributed by atoms with van der Waals surface area (Å²) in [5, 5.41) is 0. The van der Waals surface area contributed by atoms with Gasteiger partial charge in [-0.05, 0) is 38.8 Å². The summed E-state index contributed by atoms with van der Waals surface area (Å²) >= 11 is 0. The third-order valence-electron chi connectivity index (χ3n) is 6.61. The second-order valence-electron chi connectivity index (χ2n) is 9.54. The number of rotatable bonds is 8. The molecule has 4 aromatic carbocycles. The van der Waals surface area contributed by atoms with E-state index in [4.69, 9.17) is 9.47 Å². The van der Waals surface area contributed by atoms with Crippen LogP contribution in [0.2, 0.25) is 0 Å². The van der Waals surface area contributed by atoms with Crippen LogP contribution in [-0.2, 0) is 31.9 Å². The van der Waals surface area contributed by atoms with Crippen molar-refractivity contribution in [3.05, 3.63) is 90.2 Å². The van der Waals surface area contributed by atoms with Gasteiger partial charge in [-0.1, -0.05) is 58.7 Å². The topological polar surface area (TPSA) is 86.7 Å². The monoisotopic (exact) mass is 472 g/mol. The highest BCUT2D eigenvalue weighted by molar-refractivity contribution is 6.02. The van der Waals surface area contributed by atoms with Crippen LogP contribution in [0.4, 0.5) is 0 Å². The quantitative estimate of drug-likeness (QED) is 0.286. The number of esters is 2. The number of hydrogen-bond donors (Lipinski definition) is 0. The average Bonchev–Trinajstić information content (AvgIpc) is 3.64. The van der Waals surface area contributed by atoms with Crippen molar-refractivity contribution >= 4 is 11.9 Å². The molecule has 6 heteroatoms. The van der Waals surface area contributed by atoms with Crippen molar-refractivity contribution in [1.82, 2.24) is 0 Å². The van der Waals surface area contributed by atoms with E-state index in [0.717, 1.165) is 33.4 Å². The molecular weight excluding hydrogens is 444 g/mol. The molecule has 0 unspecified atom stereocenters. The van der Waals surface area contributed by atoms with E-state index in [2.05, 4.69) is 0 Å². The highest BCUT2D eigenvalue weighted by Gasteiger charge is 2.53. The first-order valence-electron chi connectivity index (χ1n) is 11.4. The fourth-order valence-electron chi connectivity index (χ4n) is 5.03. The normalized spacial score (nSPS) is 11.8. The summed E-state index contributed by atoms with van der Waals surface area (Å²) in [4.78, 5) is 51.8. The molecule has 0 spiro atoms. The van der Waals surface area contributed by atoms with Crippen LogP contribution in [0.5, 0.6) is 0 Å². The number of aryl methyl sites for hydroxylation is 4. The molecule has 180 valence electrons. The van der Waals surface area contributed by atoms with Crippen molar-refractivity contribution < 1.29 is 19.1 Å². The number of carbonyl (C=O) groups excluding carboxylic acids is 2. The van der Waals surface area contributed by atoms with Crippen molar-refractivity contribution in [3.63, 3.8) is 0 Å². The first-order valence-corrected chi connectivity index (χ1v) is 11.4. The van der Waals surface area contributed by atoms with E-state index in [1.807, 2.05) is 64.1 Å². The van der Waals surface area contributed by atoms with Crippen molar-refractivity contribution in [2.45, 2.75) is 40.5 Å². The number of ether oxygens (including phenoxy) is 2. The molecule has 0 aromatic heterocycles. The summed E-state index contributed by atoms with van der Waals surface area (Å²) in [6.45, 7) is 7.76. The lowest BCUT2D eigenvalue weighted by atomic mass is 9.78. The van der Waals surface area contributed by atoms with Crippen molar-refractivity contribution in [2.75, 3.05) is 14.2 Å². The Morgan fingerprint density at radius 1 is 0.629 bits per heavy atom. The highest BCUT2D eigenvalue weighted by Crippen LogP contribution is 2.40. The molecule has 4 rings (SSSR count). The van der Waals surface area contributed by atoms with Gasteiger partial charge in [-0.2, -0.15) is 0 Å². The molecule has 4 aromatic rings. The molecule has 0 fully saturated rings. The van der Waals surface area contributed by atoms with Crippen LogP contribution in [0.3, 0.4) is 0 Å². The lowest BCUT2D eigenvalue weighted by Gasteiger charge is -2.26. The van der Waals surface area contributed by atoms with Gasteiger partial charge in [0.05, 0.1) is 14.2 Å². The van der Waals surface area contributed by atoms with Gasteiger partial charge in [0, 0.05) is 35.1 Å². The minimum absolute atomic E-state index is 0.190. The summed E-state index contributed by atoms with van der Waals surface area (Å²) in [6, 6.07) is 11.6. The van der Waals surface area contributed by atoms with Gasteiger partial charge >= 0.3 is 11.9 Å².